The molecule has 2 aromatic rings. The zero-order valence-corrected chi connectivity index (χ0v) is 12.3. The van der Waals surface area contributed by atoms with Crippen molar-refractivity contribution in [2.45, 2.75) is 6.54 Å². The fourth-order valence-electron chi connectivity index (χ4n) is 3.65. The summed E-state index contributed by atoms with van der Waals surface area (Å²) in [7, 11) is 1.97. The highest BCUT2D eigenvalue weighted by atomic mass is 15.3. The number of hydrogen-bond donors (Lipinski definition) is 0. The molecule has 0 spiro atoms. The van der Waals surface area contributed by atoms with Gasteiger partial charge in [0, 0.05) is 63.9 Å². The molecule has 6 nitrogen and oxygen atoms in total. The van der Waals surface area contributed by atoms with Crippen LogP contribution in [0.25, 0.3) is 0 Å². The number of rotatable bonds is 3. The number of nitrogens with zero attached hydrogens (tertiary/aromatic N) is 6. The van der Waals surface area contributed by atoms with Crippen molar-refractivity contribution < 1.29 is 0 Å². The molecule has 2 unspecified atom stereocenters. The van der Waals surface area contributed by atoms with Gasteiger partial charge in [0.2, 0.25) is 5.95 Å². The van der Waals surface area contributed by atoms with E-state index in [1.165, 1.54) is 18.7 Å². The Morgan fingerprint density at radius 2 is 1.81 bits per heavy atom. The zero-order valence-electron chi connectivity index (χ0n) is 12.3. The molecular formula is C15H20N6. The molecule has 6 heteroatoms. The van der Waals surface area contributed by atoms with Gasteiger partial charge in [-0.05, 0) is 17.9 Å². The second-order valence-electron chi connectivity index (χ2n) is 6.19. The van der Waals surface area contributed by atoms with Gasteiger partial charge in [-0.1, -0.05) is 0 Å². The van der Waals surface area contributed by atoms with Crippen LogP contribution in [0.1, 0.15) is 5.56 Å². The SMILES string of the molecule is Cn1cc(CN2CC3CN(c4ncccn4)CC3C2)cn1. The monoisotopic (exact) mass is 284 g/mol. The van der Waals surface area contributed by atoms with E-state index in [0.717, 1.165) is 37.4 Å². The number of likely N-dealkylation sites (tertiary alicyclic amines) is 1. The third-order valence-corrected chi connectivity index (χ3v) is 4.56. The minimum absolute atomic E-state index is 0.741. The summed E-state index contributed by atoms with van der Waals surface area (Å²) < 4.78 is 1.88. The van der Waals surface area contributed by atoms with E-state index in [2.05, 4.69) is 31.1 Å². The molecule has 21 heavy (non-hydrogen) atoms. The molecule has 0 aromatic carbocycles. The van der Waals surface area contributed by atoms with Crippen LogP contribution in [0.3, 0.4) is 0 Å². The predicted octanol–water partition coefficient (Wildman–Crippen LogP) is 0.778. The molecule has 4 heterocycles. The maximum absolute atomic E-state index is 4.37. The van der Waals surface area contributed by atoms with E-state index in [1.54, 1.807) is 0 Å². The minimum atomic E-state index is 0.741. The Morgan fingerprint density at radius 1 is 1.10 bits per heavy atom. The number of aryl methyl sites for hydroxylation is 1. The first kappa shape index (κ1) is 12.8. The first-order chi connectivity index (χ1) is 10.3. The molecule has 0 bridgehead atoms. The van der Waals surface area contributed by atoms with Crippen LogP contribution < -0.4 is 4.90 Å². The average Bonchev–Trinajstić information content (AvgIpc) is 3.15. The highest BCUT2D eigenvalue weighted by Crippen LogP contribution is 2.33. The first-order valence-corrected chi connectivity index (χ1v) is 7.50. The molecule has 2 aromatic heterocycles. The lowest BCUT2D eigenvalue weighted by molar-refractivity contribution is 0.308. The number of hydrogen-bond acceptors (Lipinski definition) is 5. The van der Waals surface area contributed by atoms with Crippen molar-refractivity contribution in [1.82, 2.24) is 24.6 Å². The molecule has 2 aliphatic rings. The molecule has 110 valence electrons. The second-order valence-corrected chi connectivity index (χ2v) is 6.19. The lowest BCUT2D eigenvalue weighted by Crippen LogP contribution is -2.29. The molecule has 2 saturated heterocycles. The summed E-state index contributed by atoms with van der Waals surface area (Å²) in [6.45, 7) is 5.52. The van der Waals surface area contributed by atoms with Crippen LogP contribution in [0.2, 0.25) is 0 Å². The Hall–Kier alpha value is -1.95. The summed E-state index contributed by atoms with van der Waals surface area (Å²) in [5, 5.41) is 4.25. The molecule has 2 atom stereocenters. The van der Waals surface area contributed by atoms with Crippen LogP contribution in [-0.4, -0.2) is 50.8 Å². The van der Waals surface area contributed by atoms with E-state index in [-0.39, 0.29) is 0 Å². The van der Waals surface area contributed by atoms with Crippen LogP contribution in [0.5, 0.6) is 0 Å². The van der Waals surface area contributed by atoms with Gasteiger partial charge >= 0.3 is 0 Å². The van der Waals surface area contributed by atoms with Crippen LogP contribution in [0.15, 0.2) is 30.9 Å². The lowest BCUT2D eigenvalue weighted by atomic mass is 10.0. The number of fused-ring (bicyclic) bond motifs is 1. The Labute approximate surface area is 124 Å². The van der Waals surface area contributed by atoms with Crippen LogP contribution in [-0.2, 0) is 13.6 Å². The fourth-order valence-corrected chi connectivity index (χ4v) is 3.65. The van der Waals surface area contributed by atoms with E-state index in [9.17, 15) is 0 Å². The average molecular weight is 284 g/mol. The summed E-state index contributed by atoms with van der Waals surface area (Å²) in [5.41, 5.74) is 1.31. The van der Waals surface area contributed by atoms with Crippen molar-refractivity contribution in [3.05, 3.63) is 36.4 Å². The van der Waals surface area contributed by atoms with E-state index < -0.39 is 0 Å². The van der Waals surface area contributed by atoms with Crippen LogP contribution >= 0.6 is 0 Å². The third-order valence-electron chi connectivity index (χ3n) is 4.56. The molecule has 0 amide bonds. The maximum Gasteiger partial charge on any atom is 0.225 e. The molecule has 0 aliphatic carbocycles. The standard InChI is InChI=1S/C15H20N6/c1-19-6-12(5-18-19)7-20-8-13-10-21(11-14(13)9-20)15-16-3-2-4-17-15/h2-6,13-14H,7-11H2,1H3. The fraction of sp³-hybridized carbons (Fsp3) is 0.533. The van der Waals surface area contributed by atoms with Gasteiger partial charge in [-0.15, -0.1) is 0 Å². The van der Waals surface area contributed by atoms with E-state index >= 15 is 0 Å². The van der Waals surface area contributed by atoms with Crippen molar-refractivity contribution in [1.29, 1.82) is 0 Å². The normalized spacial score (nSPS) is 25.5. The number of anilines is 1. The van der Waals surface area contributed by atoms with Gasteiger partial charge in [-0.2, -0.15) is 5.10 Å². The summed E-state index contributed by atoms with van der Waals surface area (Å²) in [4.78, 5) is 13.6. The molecule has 2 fully saturated rings. The quantitative estimate of drug-likeness (QED) is 0.833. The Balaban J connectivity index is 1.37. The minimum Gasteiger partial charge on any atom is -0.340 e. The molecule has 0 saturated carbocycles. The summed E-state index contributed by atoms with van der Waals surface area (Å²) in [5.74, 6) is 2.36. The van der Waals surface area contributed by atoms with Gasteiger partial charge in [0.15, 0.2) is 0 Å². The highest BCUT2D eigenvalue weighted by Gasteiger charge is 2.40. The third kappa shape index (κ3) is 2.51. The van der Waals surface area contributed by atoms with E-state index in [0.29, 0.717) is 0 Å². The van der Waals surface area contributed by atoms with Gasteiger partial charge in [-0.3, -0.25) is 9.58 Å². The molecular weight excluding hydrogens is 264 g/mol. The van der Waals surface area contributed by atoms with E-state index in [1.807, 2.05) is 36.4 Å². The summed E-state index contributed by atoms with van der Waals surface area (Å²) in [6.07, 6.45) is 7.73. The van der Waals surface area contributed by atoms with Crippen molar-refractivity contribution in [2.24, 2.45) is 18.9 Å². The molecule has 4 rings (SSSR count). The lowest BCUT2D eigenvalue weighted by Gasteiger charge is -2.20. The number of aromatic nitrogens is 4. The van der Waals surface area contributed by atoms with Gasteiger partial charge in [0.1, 0.15) is 0 Å². The Bertz CT molecular complexity index is 596. The first-order valence-electron chi connectivity index (χ1n) is 7.50. The topological polar surface area (TPSA) is 50.1 Å². The largest absolute Gasteiger partial charge is 0.340 e. The second kappa shape index (κ2) is 5.11. The molecule has 2 aliphatic heterocycles. The van der Waals surface area contributed by atoms with Crippen molar-refractivity contribution >= 4 is 5.95 Å². The molecule has 0 radical (unpaired) electrons. The van der Waals surface area contributed by atoms with Gasteiger partial charge in [0.25, 0.3) is 0 Å². The van der Waals surface area contributed by atoms with Crippen molar-refractivity contribution in [2.75, 3.05) is 31.1 Å². The van der Waals surface area contributed by atoms with Crippen LogP contribution in [0, 0.1) is 11.8 Å². The predicted molar refractivity (Wildman–Crippen MR) is 79.7 cm³/mol. The Morgan fingerprint density at radius 3 is 2.43 bits per heavy atom. The van der Waals surface area contributed by atoms with E-state index in [4.69, 9.17) is 0 Å². The van der Waals surface area contributed by atoms with Gasteiger partial charge in [0.05, 0.1) is 6.20 Å². The maximum atomic E-state index is 4.37. The van der Waals surface area contributed by atoms with Gasteiger partial charge < -0.3 is 4.90 Å². The smallest absolute Gasteiger partial charge is 0.225 e. The Kier molecular flexibility index (Phi) is 3.11. The summed E-state index contributed by atoms with van der Waals surface area (Å²) >= 11 is 0. The summed E-state index contributed by atoms with van der Waals surface area (Å²) in [6, 6.07) is 1.87. The van der Waals surface area contributed by atoms with Crippen molar-refractivity contribution in [3.8, 4) is 0 Å². The zero-order chi connectivity index (χ0) is 14.2. The van der Waals surface area contributed by atoms with Crippen molar-refractivity contribution in [3.63, 3.8) is 0 Å². The molecule has 0 N–H and O–H groups in total. The highest BCUT2D eigenvalue weighted by molar-refractivity contribution is 5.31. The van der Waals surface area contributed by atoms with Crippen LogP contribution in [0.4, 0.5) is 5.95 Å². The van der Waals surface area contributed by atoms with Gasteiger partial charge in [-0.25, -0.2) is 9.97 Å².